The first-order valence-corrected chi connectivity index (χ1v) is 8.62. The molecule has 0 atom stereocenters. The topological polar surface area (TPSA) is 55.1 Å². The molecule has 1 radical (unpaired) electrons. The molecule has 1 aromatic heterocycles. The molecule has 0 aliphatic heterocycles. The molecule has 0 unspecified atom stereocenters. The summed E-state index contributed by atoms with van der Waals surface area (Å²) in [7, 11) is 0. The average molecular weight is 501 g/mol. The van der Waals surface area contributed by atoms with E-state index in [4.69, 9.17) is 0 Å². The Labute approximate surface area is 187 Å². The Kier molecular flexibility index (Phi) is 6.82. The molecule has 3 aromatic rings. The molecule has 12 heteroatoms. The molecule has 1 heterocycles. The van der Waals surface area contributed by atoms with Crippen LogP contribution in [0, 0.1) is 44.0 Å². The normalized spacial score (nSPS) is 11.4. The van der Waals surface area contributed by atoms with E-state index < -0.39 is 57.9 Å². The van der Waals surface area contributed by atoms with Crippen LogP contribution < -0.4 is 0 Å². The van der Waals surface area contributed by atoms with Crippen molar-refractivity contribution >= 4 is 5.78 Å². The van der Waals surface area contributed by atoms with E-state index in [1.54, 1.807) is 32.0 Å². The van der Waals surface area contributed by atoms with Crippen molar-refractivity contribution in [2.45, 2.75) is 26.9 Å². The minimum absolute atomic E-state index is 0. The molecule has 0 bridgehead atoms. The second-order valence-corrected chi connectivity index (χ2v) is 6.77. The molecule has 0 aliphatic rings. The zero-order valence-corrected chi connectivity index (χ0v) is 17.7. The number of carbonyl (C=O) groups excluding carboxylic acids is 1. The summed E-state index contributed by atoms with van der Waals surface area (Å²) in [6.07, 6.45) is -5.72. The first-order chi connectivity index (χ1) is 14.3. The van der Waals surface area contributed by atoms with Gasteiger partial charge in [-0.25, -0.2) is 17.6 Å². The molecule has 171 valence electrons. The van der Waals surface area contributed by atoms with Crippen LogP contribution in [-0.2, 0) is 23.2 Å². The van der Waals surface area contributed by atoms with Gasteiger partial charge in [-0.05, 0) is 31.9 Å². The first-order valence-electron chi connectivity index (χ1n) is 8.62. The number of aryl methyl sites for hydroxylation is 3. The van der Waals surface area contributed by atoms with E-state index in [1.807, 2.05) is 0 Å². The van der Waals surface area contributed by atoms with Gasteiger partial charge in [0.2, 0.25) is 11.7 Å². The number of hydrogen-bond donors (Lipinski definition) is 1. The third kappa shape index (κ3) is 3.88. The van der Waals surface area contributed by atoms with Crippen molar-refractivity contribution in [2.24, 2.45) is 0 Å². The van der Waals surface area contributed by atoms with Gasteiger partial charge in [0.1, 0.15) is 16.8 Å². The quantitative estimate of drug-likeness (QED) is 0.229. The number of rotatable bonds is 3. The van der Waals surface area contributed by atoms with Crippen LogP contribution in [0.25, 0.3) is 5.69 Å². The summed E-state index contributed by atoms with van der Waals surface area (Å²) < 4.78 is 95.0. The molecular weight excluding hydrogens is 488 g/mol. The van der Waals surface area contributed by atoms with E-state index in [-0.39, 0.29) is 33.0 Å². The van der Waals surface area contributed by atoms with Gasteiger partial charge in [-0.3, -0.25) is 4.79 Å². The van der Waals surface area contributed by atoms with Crippen LogP contribution >= 0.6 is 0 Å². The number of aromatic hydroxyl groups is 1. The summed E-state index contributed by atoms with van der Waals surface area (Å²) in [5.74, 6) is -12.3. The Bertz CT molecular complexity index is 1190. The fourth-order valence-electron chi connectivity index (χ4n) is 3.29. The molecule has 32 heavy (non-hydrogen) atoms. The van der Waals surface area contributed by atoms with Gasteiger partial charge in [0.15, 0.2) is 23.3 Å². The maximum Gasteiger partial charge on any atom is 0.422 e. The monoisotopic (exact) mass is 501 g/mol. The Hall–Kier alpha value is -2.85. The number of aromatic nitrogens is 2. The Morgan fingerprint density at radius 2 is 1.38 bits per heavy atom. The number of nitrogens with zero attached hydrogens (tertiary/aromatic N) is 2. The van der Waals surface area contributed by atoms with Gasteiger partial charge in [0.05, 0.1) is 5.69 Å². The van der Waals surface area contributed by atoms with Crippen LogP contribution in [0.3, 0.4) is 0 Å². The maximum atomic E-state index is 14.4. The summed E-state index contributed by atoms with van der Waals surface area (Å²) in [6, 6.07) is 4.85. The molecule has 1 N–H and O–H groups in total. The number of benzene rings is 2. The van der Waals surface area contributed by atoms with Crippen molar-refractivity contribution < 1.29 is 57.7 Å². The SMILES string of the molecule is Cc1cccc(C)c1C(=O)c1c(C)nn(-c2c(F)c(F)c(C(F)(F)F)c(F)c2F)c1O.[Mn]. The van der Waals surface area contributed by atoms with E-state index in [1.165, 1.54) is 6.92 Å². The average Bonchev–Trinajstić information content (AvgIpc) is 2.93. The van der Waals surface area contributed by atoms with Crippen LogP contribution in [0.2, 0.25) is 0 Å². The van der Waals surface area contributed by atoms with Gasteiger partial charge in [0.25, 0.3) is 0 Å². The van der Waals surface area contributed by atoms with Gasteiger partial charge in [-0.1, -0.05) is 18.2 Å². The largest absolute Gasteiger partial charge is 0.493 e. The van der Waals surface area contributed by atoms with Crippen LogP contribution in [-0.4, -0.2) is 20.7 Å². The summed E-state index contributed by atoms with van der Waals surface area (Å²) in [5, 5.41) is 13.9. The number of hydrogen-bond acceptors (Lipinski definition) is 3. The molecular formula is C20H13F7MnN2O2. The molecule has 0 saturated heterocycles. The first kappa shape index (κ1) is 25.4. The molecule has 4 nitrogen and oxygen atoms in total. The zero-order chi connectivity index (χ0) is 23.4. The van der Waals surface area contributed by atoms with Gasteiger partial charge < -0.3 is 5.11 Å². The van der Waals surface area contributed by atoms with Crippen molar-refractivity contribution in [1.82, 2.24) is 9.78 Å². The fourth-order valence-corrected chi connectivity index (χ4v) is 3.29. The third-order valence-corrected chi connectivity index (χ3v) is 4.71. The minimum Gasteiger partial charge on any atom is -0.493 e. The second-order valence-electron chi connectivity index (χ2n) is 6.77. The van der Waals surface area contributed by atoms with Gasteiger partial charge in [0, 0.05) is 22.6 Å². The smallest absolute Gasteiger partial charge is 0.422 e. The van der Waals surface area contributed by atoms with Gasteiger partial charge >= 0.3 is 6.18 Å². The van der Waals surface area contributed by atoms with Crippen molar-refractivity contribution in [3.05, 3.63) is 75.0 Å². The number of halogens is 7. The third-order valence-electron chi connectivity index (χ3n) is 4.71. The Balaban J connectivity index is 0.00000363. The molecule has 0 aliphatic carbocycles. The van der Waals surface area contributed by atoms with Crippen LogP contribution in [0.5, 0.6) is 5.88 Å². The maximum absolute atomic E-state index is 14.4. The van der Waals surface area contributed by atoms with E-state index in [0.717, 1.165) is 0 Å². The molecule has 3 rings (SSSR count). The van der Waals surface area contributed by atoms with Crippen molar-refractivity contribution in [3.63, 3.8) is 0 Å². The van der Waals surface area contributed by atoms with E-state index in [0.29, 0.717) is 11.1 Å². The standard InChI is InChI=1S/C20H13F7N2O2.Mn/c1-7-5-4-6-8(2)10(7)18(30)11-9(3)28-29(19(11)31)17-15(23)13(21)12(20(25,26)27)14(22)16(17)24;/h4-6,31H,1-3H3;. The summed E-state index contributed by atoms with van der Waals surface area (Å²) in [4.78, 5) is 13.0. The summed E-state index contributed by atoms with van der Waals surface area (Å²) in [5.41, 5.74) is -4.15. The predicted molar refractivity (Wildman–Crippen MR) is 94.1 cm³/mol. The number of alkyl halides is 3. The molecule has 0 spiro atoms. The van der Waals surface area contributed by atoms with Crippen LogP contribution in [0.15, 0.2) is 18.2 Å². The Morgan fingerprint density at radius 3 is 1.81 bits per heavy atom. The molecule has 2 aromatic carbocycles. The van der Waals surface area contributed by atoms with E-state index in [2.05, 4.69) is 5.10 Å². The minimum atomic E-state index is -5.72. The summed E-state index contributed by atoms with van der Waals surface area (Å²) >= 11 is 0. The van der Waals surface area contributed by atoms with E-state index in [9.17, 15) is 40.6 Å². The second kappa shape index (κ2) is 8.59. The zero-order valence-electron chi connectivity index (χ0n) is 16.5. The summed E-state index contributed by atoms with van der Waals surface area (Å²) in [6.45, 7) is 4.36. The Morgan fingerprint density at radius 1 is 0.906 bits per heavy atom. The van der Waals surface area contributed by atoms with Gasteiger partial charge in [-0.15, -0.1) is 0 Å². The van der Waals surface area contributed by atoms with Crippen molar-refractivity contribution in [1.29, 1.82) is 0 Å². The molecule has 0 fully saturated rings. The van der Waals surface area contributed by atoms with Crippen molar-refractivity contribution in [2.75, 3.05) is 0 Å². The number of ketones is 1. The molecule has 0 saturated carbocycles. The molecule has 0 amide bonds. The number of carbonyl (C=O) groups is 1. The van der Waals surface area contributed by atoms with Crippen LogP contribution in [0.4, 0.5) is 30.7 Å². The van der Waals surface area contributed by atoms with E-state index >= 15 is 0 Å². The predicted octanol–water partition coefficient (Wildman–Crippen LogP) is 5.31. The van der Waals surface area contributed by atoms with Crippen LogP contribution in [0.1, 0.15) is 38.3 Å². The fraction of sp³-hybridized carbons (Fsp3) is 0.200. The van der Waals surface area contributed by atoms with Crippen molar-refractivity contribution in [3.8, 4) is 11.6 Å². The van der Waals surface area contributed by atoms with Gasteiger partial charge in [-0.2, -0.15) is 23.0 Å².